The summed E-state index contributed by atoms with van der Waals surface area (Å²) in [6, 6.07) is 19.2. The van der Waals surface area contributed by atoms with Gasteiger partial charge in [0.15, 0.2) is 0 Å². The molecule has 1 aromatic heterocycles. The van der Waals surface area contributed by atoms with Gasteiger partial charge in [0.25, 0.3) is 5.91 Å². The van der Waals surface area contributed by atoms with Crippen LogP contribution in [0.4, 0.5) is 5.69 Å². The third kappa shape index (κ3) is 5.77. The Labute approximate surface area is 200 Å². The van der Waals surface area contributed by atoms with Crippen molar-refractivity contribution in [1.82, 2.24) is 9.29 Å². The average molecular weight is 478 g/mol. The molecule has 2 unspecified atom stereocenters. The van der Waals surface area contributed by atoms with E-state index in [1.807, 2.05) is 62.4 Å². The van der Waals surface area contributed by atoms with E-state index in [1.54, 1.807) is 24.4 Å². The van der Waals surface area contributed by atoms with E-state index in [0.717, 1.165) is 11.3 Å². The normalized spacial score (nSPS) is 19.2. The molecule has 0 aliphatic carbocycles. The van der Waals surface area contributed by atoms with Crippen LogP contribution in [-0.4, -0.2) is 48.9 Å². The molecule has 4 rings (SSSR count). The van der Waals surface area contributed by atoms with Gasteiger partial charge in [-0.25, -0.2) is 8.42 Å². The minimum atomic E-state index is -3.74. The lowest BCUT2D eigenvalue weighted by molar-refractivity contribution is -0.0440. The highest BCUT2D eigenvalue weighted by molar-refractivity contribution is 7.89. The van der Waals surface area contributed by atoms with Crippen LogP contribution in [0.25, 0.3) is 12.2 Å². The number of hydrogen-bond acceptors (Lipinski definition) is 5. The molecule has 176 valence electrons. The van der Waals surface area contributed by atoms with Crippen LogP contribution in [0.5, 0.6) is 0 Å². The molecule has 0 radical (unpaired) electrons. The third-order valence-electron chi connectivity index (χ3n) is 5.40. The molecule has 8 heteroatoms. The summed E-state index contributed by atoms with van der Waals surface area (Å²) in [5.74, 6) is -0.383. The fourth-order valence-electron chi connectivity index (χ4n) is 3.85. The number of rotatable bonds is 6. The number of carbonyl (C=O) groups is 1. The zero-order valence-corrected chi connectivity index (χ0v) is 19.9. The van der Waals surface area contributed by atoms with Crippen molar-refractivity contribution in [2.45, 2.75) is 31.0 Å². The Bertz CT molecular complexity index is 1280. The van der Waals surface area contributed by atoms with Crippen LogP contribution < -0.4 is 5.32 Å². The number of morpholine rings is 1. The predicted molar refractivity (Wildman–Crippen MR) is 133 cm³/mol. The first kappa shape index (κ1) is 23.8. The maximum atomic E-state index is 13.2. The Kier molecular flexibility index (Phi) is 7.21. The van der Waals surface area contributed by atoms with Crippen LogP contribution in [-0.2, 0) is 14.8 Å². The van der Waals surface area contributed by atoms with Gasteiger partial charge >= 0.3 is 0 Å². The summed E-state index contributed by atoms with van der Waals surface area (Å²) in [5.41, 5.74) is 2.61. The largest absolute Gasteiger partial charge is 0.373 e. The summed E-state index contributed by atoms with van der Waals surface area (Å²) in [4.78, 5) is 17.2. The highest BCUT2D eigenvalue weighted by Crippen LogP contribution is 2.22. The summed E-state index contributed by atoms with van der Waals surface area (Å²) in [6.07, 6.45) is 5.15. The van der Waals surface area contributed by atoms with Gasteiger partial charge in [-0.2, -0.15) is 4.31 Å². The average Bonchev–Trinajstić information content (AvgIpc) is 2.83. The molecule has 34 heavy (non-hydrogen) atoms. The van der Waals surface area contributed by atoms with Crippen LogP contribution in [0.3, 0.4) is 0 Å². The lowest BCUT2D eigenvalue weighted by atomic mass is 10.1. The van der Waals surface area contributed by atoms with Crippen LogP contribution in [0.2, 0.25) is 0 Å². The van der Waals surface area contributed by atoms with Gasteiger partial charge in [-0.05, 0) is 68.0 Å². The SMILES string of the molecule is CC1CN(S(=O)(=O)c2cccc(C(=O)Nc3cccc(/C=C/c4ccccn4)c3)c2)CC(C)O1. The molecule has 0 saturated carbocycles. The van der Waals surface area contributed by atoms with Gasteiger partial charge in [-0.15, -0.1) is 0 Å². The second-order valence-electron chi connectivity index (χ2n) is 8.27. The summed E-state index contributed by atoms with van der Waals surface area (Å²) >= 11 is 0. The number of benzene rings is 2. The molecule has 1 amide bonds. The standard InChI is InChI=1S/C26H27N3O4S/c1-19-17-29(18-20(2)33-19)34(31,32)25-11-6-8-22(16-25)26(30)28-24-10-5-7-21(15-24)12-13-23-9-3-4-14-27-23/h3-16,19-20H,17-18H2,1-2H3,(H,28,30)/b13-12+. The maximum Gasteiger partial charge on any atom is 0.255 e. The number of carbonyl (C=O) groups excluding carboxylic acids is 1. The van der Waals surface area contributed by atoms with Crippen molar-refractivity contribution in [3.05, 3.63) is 89.7 Å². The molecule has 1 fully saturated rings. The summed E-state index contributed by atoms with van der Waals surface area (Å²) in [5, 5.41) is 2.85. The predicted octanol–water partition coefficient (Wildman–Crippen LogP) is 4.30. The molecule has 1 aliphatic heterocycles. The number of nitrogens with one attached hydrogen (secondary N) is 1. The van der Waals surface area contributed by atoms with Gasteiger partial charge in [0.1, 0.15) is 0 Å². The van der Waals surface area contributed by atoms with Crippen molar-refractivity contribution >= 4 is 33.8 Å². The molecule has 2 aromatic carbocycles. The maximum absolute atomic E-state index is 13.2. The highest BCUT2D eigenvalue weighted by Gasteiger charge is 2.32. The Balaban J connectivity index is 1.49. The summed E-state index contributed by atoms with van der Waals surface area (Å²) < 4.78 is 33.4. The van der Waals surface area contributed by atoms with E-state index in [1.165, 1.54) is 16.4 Å². The molecule has 1 aliphatic rings. The van der Waals surface area contributed by atoms with E-state index in [2.05, 4.69) is 10.3 Å². The second kappa shape index (κ2) is 10.3. The molecule has 1 saturated heterocycles. The minimum Gasteiger partial charge on any atom is -0.373 e. The zero-order valence-electron chi connectivity index (χ0n) is 19.1. The van der Waals surface area contributed by atoms with Gasteiger partial charge in [0, 0.05) is 30.5 Å². The van der Waals surface area contributed by atoms with E-state index in [0.29, 0.717) is 5.69 Å². The molecule has 0 bridgehead atoms. The molecule has 2 heterocycles. The smallest absolute Gasteiger partial charge is 0.255 e. The van der Waals surface area contributed by atoms with E-state index in [-0.39, 0.29) is 41.7 Å². The van der Waals surface area contributed by atoms with Crippen molar-refractivity contribution in [2.24, 2.45) is 0 Å². The van der Waals surface area contributed by atoms with E-state index < -0.39 is 10.0 Å². The number of amides is 1. The van der Waals surface area contributed by atoms with Crippen molar-refractivity contribution in [3.8, 4) is 0 Å². The molecule has 7 nitrogen and oxygen atoms in total. The summed E-state index contributed by atoms with van der Waals surface area (Å²) in [6.45, 7) is 4.26. The minimum absolute atomic E-state index is 0.0912. The number of hydrogen-bond donors (Lipinski definition) is 1. The van der Waals surface area contributed by atoms with Crippen LogP contribution in [0, 0.1) is 0 Å². The topological polar surface area (TPSA) is 88.6 Å². The molecule has 3 aromatic rings. The lowest BCUT2D eigenvalue weighted by Gasteiger charge is -2.34. The van der Waals surface area contributed by atoms with Crippen LogP contribution >= 0.6 is 0 Å². The van der Waals surface area contributed by atoms with Crippen LogP contribution in [0.15, 0.2) is 77.8 Å². The number of anilines is 1. The first-order chi connectivity index (χ1) is 16.3. The van der Waals surface area contributed by atoms with Gasteiger partial charge < -0.3 is 10.1 Å². The number of sulfonamides is 1. The van der Waals surface area contributed by atoms with E-state index >= 15 is 0 Å². The first-order valence-corrected chi connectivity index (χ1v) is 12.5. The lowest BCUT2D eigenvalue weighted by Crippen LogP contribution is -2.48. The molecular weight excluding hydrogens is 450 g/mol. The van der Waals surface area contributed by atoms with Crippen molar-refractivity contribution < 1.29 is 17.9 Å². The first-order valence-electron chi connectivity index (χ1n) is 11.1. The second-order valence-corrected chi connectivity index (χ2v) is 10.2. The fraction of sp³-hybridized carbons (Fsp3) is 0.231. The quantitative estimate of drug-likeness (QED) is 0.572. The molecular formula is C26H27N3O4S. The highest BCUT2D eigenvalue weighted by atomic mass is 32.2. The third-order valence-corrected chi connectivity index (χ3v) is 7.23. The monoisotopic (exact) mass is 477 g/mol. The Morgan fingerprint density at radius 3 is 2.50 bits per heavy atom. The van der Waals surface area contributed by atoms with Gasteiger partial charge in [0.2, 0.25) is 10.0 Å². The number of aromatic nitrogens is 1. The van der Waals surface area contributed by atoms with Gasteiger partial charge in [0.05, 0.1) is 22.8 Å². The Hall–Kier alpha value is -3.33. The van der Waals surface area contributed by atoms with E-state index in [9.17, 15) is 13.2 Å². The van der Waals surface area contributed by atoms with E-state index in [4.69, 9.17) is 4.74 Å². The Morgan fingerprint density at radius 1 is 1.00 bits per heavy atom. The number of nitrogens with zero attached hydrogens (tertiary/aromatic N) is 2. The van der Waals surface area contributed by atoms with Crippen molar-refractivity contribution in [3.63, 3.8) is 0 Å². The van der Waals surface area contributed by atoms with Gasteiger partial charge in [-0.1, -0.05) is 30.3 Å². The number of pyridine rings is 1. The fourth-order valence-corrected chi connectivity index (χ4v) is 5.49. The zero-order chi connectivity index (χ0) is 24.1. The van der Waals surface area contributed by atoms with Crippen molar-refractivity contribution in [1.29, 1.82) is 0 Å². The summed E-state index contributed by atoms with van der Waals surface area (Å²) in [7, 11) is -3.74. The van der Waals surface area contributed by atoms with Gasteiger partial charge in [-0.3, -0.25) is 9.78 Å². The van der Waals surface area contributed by atoms with Crippen LogP contribution in [0.1, 0.15) is 35.5 Å². The van der Waals surface area contributed by atoms with Crippen molar-refractivity contribution in [2.75, 3.05) is 18.4 Å². The molecule has 0 spiro atoms. The Morgan fingerprint density at radius 2 is 1.76 bits per heavy atom. The molecule has 1 N–H and O–H groups in total. The number of ether oxygens (including phenoxy) is 1. The molecule has 2 atom stereocenters.